The van der Waals surface area contributed by atoms with Crippen molar-refractivity contribution < 1.29 is 4.42 Å². The third-order valence-electron chi connectivity index (χ3n) is 10.5. The highest BCUT2D eigenvalue weighted by Gasteiger charge is 2.23. The van der Waals surface area contributed by atoms with Crippen molar-refractivity contribution in [3.63, 3.8) is 0 Å². The highest BCUT2D eigenvalue weighted by atomic mass is 16.3. The first-order valence-electron chi connectivity index (χ1n) is 19.9. The van der Waals surface area contributed by atoms with E-state index in [2.05, 4.69) is 165 Å². The predicted molar refractivity (Wildman–Crippen MR) is 246 cm³/mol. The Bertz CT molecular complexity index is 2650. The summed E-state index contributed by atoms with van der Waals surface area (Å²) < 4.78 is 6.01. The standard InChI is InChI=1S/C27H25NO.C27H25N/c1-3-25-27(28-4-2)24-17-23(13-14-26(24)29-25)22-10-6-9-21(16-22)20-8-5-7-19(15-20)18-11-12-18;1-4-22-13-14-26(19-27(22)17-21(3)9-7-15-28)25-12-6-11-24(18-25)23-10-5-8-20(2)16-23/h4-10,13-18H,3,11-12H2,1-2H3;4-19,28H,1H2,2-3H3/b;9-7-,21-17+,28-15?. The molecule has 1 heterocycles. The maximum Gasteiger partial charge on any atom is 0.136 e. The molecular formula is C54H50N2O. The largest absolute Gasteiger partial charge is 0.459 e. The molecule has 1 aliphatic carbocycles. The number of hydrogen-bond acceptors (Lipinski definition) is 3. The van der Waals surface area contributed by atoms with Crippen LogP contribution in [0.25, 0.3) is 67.6 Å². The van der Waals surface area contributed by atoms with E-state index in [9.17, 15) is 0 Å². The number of nitrogens with one attached hydrogen (secondary N) is 1. The number of nitrogens with zero attached hydrogens (tertiary/aromatic N) is 1. The van der Waals surface area contributed by atoms with Crippen LogP contribution < -0.4 is 0 Å². The molecule has 1 aromatic heterocycles. The first-order chi connectivity index (χ1) is 27.9. The molecule has 8 rings (SSSR count). The van der Waals surface area contributed by atoms with Crippen molar-refractivity contribution in [2.24, 2.45) is 4.99 Å². The smallest absolute Gasteiger partial charge is 0.136 e. The minimum atomic E-state index is 0.770. The quantitative estimate of drug-likeness (QED) is 0.104. The van der Waals surface area contributed by atoms with E-state index in [0.29, 0.717) is 0 Å². The Morgan fingerprint density at radius 3 is 1.89 bits per heavy atom. The Hall–Kier alpha value is -6.58. The molecule has 6 aromatic carbocycles. The minimum absolute atomic E-state index is 0.770. The molecule has 7 aromatic rings. The predicted octanol–water partition coefficient (Wildman–Crippen LogP) is 15.5. The van der Waals surface area contributed by atoms with Gasteiger partial charge in [0.1, 0.15) is 17.0 Å². The second-order valence-electron chi connectivity index (χ2n) is 14.7. The van der Waals surface area contributed by atoms with Crippen LogP contribution in [0, 0.1) is 12.3 Å². The van der Waals surface area contributed by atoms with Gasteiger partial charge in [-0.05, 0) is 137 Å². The van der Waals surface area contributed by atoms with E-state index in [1.165, 1.54) is 74.7 Å². The molecule has 1 fully saturated rings. The first-order valence-corrected chi connectivity index (χ1v) is 19.9. The van der Waals surface area contributed by atoms with E-state index in [4.69, 9.17) is 9.83 Å². The number of allylic oxidation sites excluding steroid dienone is 3. The molecular weight excluding hydrogens is 693 g/mol. The molecule has 0 saturated heterocycles. The maximum absolute atomic E-state index is 7.15. The average Bonchev–Trinajstić information content (AvgIpc) is 4.05. The van der Waals surface area contributed by atoms with Crippen molar-refractivity contribution in [2.75, 3.05) is 0 Å². The van der Waals surface area contributed by atoms with Gasteiger partial charge in [-0.2, -0.15) is 0 Å². The fourth-order valence-electron chi connectivity index (χ4n) is 7.35. The Labute approximate surface area is 338 Å². The number of aryl methyl sites for hydroxylation is 2. The summed E-state index contributed by atoms with van der Waals surface area (Å²) in [7, 11) is 0. The summed E-state index contributed by atoms with van der Waals surface area (Å²) >= 11 is 0. The van der Waals surface area contributed by atoms with Crippen LogP contribution in [0.1, 0.15) is 67.5 Å². The van der Waals surface area contributed by atoms with Crippen molar-refractivity contribution in [3.05, 3.63) is 186 Å². The van der Waals surface area contributed by atoms with Crippen LogP contribution in [0.5, 0.6) is 0 Å². The lowest BCUT2D eigenvalue weighted by Gasteiger charge is -2.10. The number of rotatable bonds is 11. The fraction of sp³-hybridized carbons (Fsp3) is 0.148. The zero-order valence-corrected chi connectivity index (χ0v) is 33.4. The lowest BCUT2D eigenvalue weighted by atomic mass is 9.95. The van der Waals surface area contributed by atoms with Gasteiger partial charge in [0.2, 0.25) is 0 Å². The second-order valence-corrected chi connectivity index (χ2v) is 14.7. The van der Waals surface area contributed by atoms with E-state index in [0.717, 1.165) is 51.5 Å². The van der Waals surface area contributed by atoms with Gasteiger partial charge >= 0.3 is 0 Å². The van der Waals surface area contributed by atoms with Gasteiger partial charge in [0, 0.05) is 24.2 Å². The highest BCUT2D eigenvalue weighted by molar-refractivity contribution is 5.95. The van der Waals surface area contributed by atoms with Crippen LogP contribution in [0.3, 0.4) is 0 Å². The maximum atomic E-state index is 7.15. The Balaban J connectivity index is 0.000000174. The van der Waals surface area contributed by atoms with E-state index >= 15 is 0 Å². The normalized spacial score (nSPS) is 12.9. The molecule has 1 aliphatic rings. The van der Waals surface area contributed by atoms with Crippen molar-refractivity contribution >= 4 is 41.2 Å². The van der Waals surface area contributed by atoms with Gasteiger partial charge in [-0.3, -0.25) is 4.99 Å². The molecule has 0 bridgehead atoms. The molecule has 57 heavy (non-hydrogen) atoms. The Kier molecular flexibility index (Phi) is 12.2. The topological polar surface area (TPSA) is 49.4 Å². The Morgan fingerprint density at radius 1 is 0.719 bits per heavy atom. The van der Waals surface area contributed by atoms with Gasteiger partial charge in [-0.25, -0.2) is 0 Å². The average molecular weight is 743 g/mol. The lowest BCUT2D eigenvalue weighted by molar-refractivity contribution is 0.558. The molecule has 0 spiro atoms. The summed E-state index contributed by atoms with van der Waals surface area (Å²) in [6, 6.07) is 48.0. The summed E-state index contributed by atoms with van der Waals surface area (Å²) in [5.41, 5.74) is 17.7. The summed E-state index contributed by atoms with van der Waals surface area (Å²) in [5.74, 6) is 1.72. The number of furan rings is 1. The first kappa shape index (κ1) is 38.7. The van der Waals surface area contributed by atoms with E-state index in [-0.39, 0.29) is 0 Å². The van der Waals surface area contributed by atoms with E-state index in [1.807, 2.05) is 32.2 Å². The molecule has 0 unspecified atom stereocenters. The number of aliphatic imine (C=N–C) groups is 1. The minimum Gasteiger partial charge on any atom is -0.459 e. The van der Waals surface area contributed by atoms with Gasteiger partial charge in [0.25, 0.3) is 0 Å². The molecule has 282 valence electrons. The SMILES string of the molecule is C=Cc1ccc(-c2cccc(-c3cccc(C)c3)c2)cc1/C=C(C)/C=C\C=N.CC=Nc1c(CC)oc2ccc(-c3cccc(-c4cccc(C5CC5)c4)c3)cc12. The molecule has 3 heteroatoms. The summed E-state index contributed by atoms with van der Waals surface area (Å²) in [6.07, 6.45) is 14.3. The molecule has 3 nitrogen and oxygen atoms in total. The second kappa shape index (κ2) is 17.9. The molecule has 0 aliphatic heterocycles. The highest BCUT2D eigenvalue weighted by Crippen LogP contribution is 2.42. The van der Waals surface area contributed by atoms with Gasteiger partial charge in [0.05, 0.1) is 0 Å². The van der Waals surface area contributed by atoms with Crippen molar-refractivity contribution in [3.8, 4) is 44.5 Å². The third kappa shape index (κ3) is 9.28. The van der Waals surface area contributed by atoms with Crippen LogP contribution in [0.4, 0.5) is 5.69 Å². The summed E-state index contributed by atoms with van der Waals surface area (Å²) in [4.78, 5) is 4.58. The lowest BCUT2D eigenvalue weighted by Crippen LogP contribution is -1.86. The molecule has 1 N–H and O–H groups in total. The van der Waals surface area contributed by atoms with Gasteiger partial charge in [0.15, 0.2) is 0 Å². The molecule has 0 atom stereocenters. The van der Waals surface area contributed by atoms with Crippen LogP contribution in [-0.4, -0.2) is 12.4 Å². The van der Waals surface area contributed by atoms with Crippen LogP contribution in [-0.2, 0) is 6.42 Å². The van der Waals surface area contributed by atoms with Crippen molar-refractivity contribution in [2.45, 2.75) is 52.9 Å². The van der Waals surface area contributed by atoms with Gasteiger partial charge in [-0.1, -0.05) is 146 Å². The van der Waals surface area contributed by atoms with E-state index < -0.39 is 0 Å². The Morgan fingerprint density at radius 2 is 1.30 bits per heavy atom. The van der Waals surface area contributed by atoms with Crippen LogP contribution in [0.2, 0.25) is 0 Å². The van der Waals surface area contributed by atoms with Crippen molar-refractivity contribution in [1.82, 2.24) is 0 Å². The van der Waals surface area contributed by atoms with Gasteiger partial charge < -0.3 is 9.83 Å². The summed E-state index contributed by atoms with van der Waals surface area (Å²) in [6.45, 7) is 12.2. The monoisotopic (exact) mass is 742 g/mol. The van der Waals surface area contributed by atoms with Crippen LogP contribution in [0.15, 0.2) is 167 Å². The van der Waals surface area contributed by atoms with Crippen LogP contribution >= 0.6 is 0 Å². The number of hydrogen-bond donors (Lipinski definition) is 1. The zero-order chi connectivity index (χ0) is 39.7. The fourth-order valence-corrected chi connectivity index (χ4v) is 7.35. The third-order valence-corrected chi connectivity index (χ3v) is 10.5. The van der Waals surface area contributed by atoms with Gasteiger partial charge in [-0.15, -0.1) is 0 Å². The summed E-state index contributed by atoms with van der Waals surface area (Å²) in [5, 5.41) is 8.23. The number of fused-ring (bicyclic) bond motifs is 1. The molecule has 1 saturated carbocycles. The van der Waals surface area contributed by atoms with Crippen molar-refractivity contribution in [1.29, 1.82) is 5.41 Å². The number of benzene rings is 6. The molecule has 0 radical (unpaired) electrons. The zero-order valence-electron chi connectivity index (χ0n) is 33.4. The molecule has 0 amide bonds. The van der Waals surface area contributed by atoms with E-state index in [1.54, 1.807) is 6.08 Å².